The molecule has 16 heavy (non-hydrogen) atoms. The summed E-state index contributed by atoms with van der Waals surface area (Å²) in [5.74, 6) is 1.18. The Morgan fingerprint density at radius 3 is 2.56 bits per heavy atom. The van der Waals surface area contributed by atoms with Crippen molar-refractivity contribution in [2.24, 2.45) is 4.99 Å². The first kappa shape index (κ1) is 12.3. The van der Waals surface area contributed by atoms with Crippen LogP contribution in [-0.4, -0.2) is 22.5 Å². The lowest BCUT2D eigenvalue weighted by Crippen LogP contribution is -2.40. The molecule has 2 fully saturated rings. The largest absolute Gasteiger partial charge is 0.359 e. The van der Waals surface area contributed by atoms with E-state index in [1.54, 1.807) is 0 Å². The van der Waals surface area contributed by atoms with Crippen molar-refractivity contribution in [2.75, 3.05) is 5.75 Å². The second-order valence-corrected chi connectivity index (χ2v) is 6.37. The van der Waals surface area contributed by atoms with Gasteiger partial charge in [-0.25, -0.2) is 0 Å². The number of aliphatic imine (C=N–C) groups is 1. The number of hydrogen-bond donors (Lipinski definition) is 1. The Kier molecular flexibility index (Phi) is 4.17. The summed E-state index contributed by atoms with van der Waals surface area (Å²) in [6.45, 7) is 4.55. The maximum Gasteiger partial charge on any atom is 0.157 e. The van der Waals surface area contributed by atoms with Crippen LogP contribution in [-0.2, 0) is 0 Å². The van der Waals surface area contributed by atoms with Gasteiger partial charge in [-0.3, -0.25) is 4.99 Å². The average molecular weight is 240 g/mol. The second kappa shape index (κ2) is 5.44. The molecule has 0 aromatic rings. The zero-order chi connectivity index (χ0) is 11.4. The number of amidine groups is 1. The fraction of sp³-hybridized carbons (Fsp3) is 0.923. The van der Waals surface area contributed by atoms with Crippen LogP contribution in [0, 0.1) is 0 Å². The van der Waals surface area contributed by atoms with Crippen LogP contribution in [0.1, 0.15) is 58.8 Å². The monoisotopic (exact) mass is 240 g/mol. The van der Waals surface area contributed by atoms with Gasteiger partial charge in [0.1, 0.15) is 0 Å². The molecule has 0 bridgehead atoms. The average Bonchev–Trinajstić information content (AvgIpc) is 2.51. The molecule has 2 rings (SSSR count). The van der Waals surface area contributed by atoms with Gasteiger partial charge in [0.2, 0.25) is 0 Å². The molecule has 1 aliphatic carbocycles. The van der Waals surface area contributed by atoms with E-state index < -0.39 is 0 Å². The smallest absolute Gasteiger partial charge is 0.157 e. The van der Waals surface area contributed by atoms with E-state index in [1.165, 1.54) is 55.9 Å². The van der Waals surface area contributed by atoms with E-state index >= 15 is 0 Å². The van der Waals surface area contributed by atoms with Gasteiger partial charge in [-0.15, -0.1) is 0 Å². The van der Waals surface area contributed by atoms with Crippen LogP contribution in [0.25, 0.3) is 0 Å². The summed E-state index contributed by atoms with van der Waals surface area (Å²) in [5, 5.41) is 4.80. The number of rotatable bonds is 2. The molecule has 1 saturated carbocycles. The van der Waals surface area contributed by atoms with Crippen LogP contribution in [0.5, 0.6) is 0 Å². The third-order valence-electron chi connectivity index (χ3n) is 3.84. The Balaban J connectivity index is 1.92. The Morgan fingerprint density at radius 1 is 1.31 bits per heavy atom. The fourth-order valence-corrected chi connectivity index (χ4v) is 3.64. The van der Waals surface area contributed by atoms with Crippen LogP contribution in [0.4, 0.5) is 0 Å². The summed E-state index contributed by atoms with van der Waals surface area (Å²) in [7, 11) is 0. The molecule has 0 radical (unpaired) electrons. The standard InChI is InChI=1S/C13H24N2S/c1-3-13(2)10-16-12(15-13)14-11-8-6-4-5-7-9-11/h11H,3-10H2,1-2H3,(H,14,15). The maximum atomic E-state index is 4.91. The Hall–Kier alpha value is -0.180. The van der Waals surface area contributed by atoms with Gasteiger partial charge in [0.25, 0.3) is 0 Å². The maximum absolute atomic E-state index is 4.91. The molecular weight excluding hydrogens is 216 g/mol. The van der Waals surface area contributed by atoms with Crippen molar-refractivity contribution in [3.63, 3.8) is 0 Å². The predicted octanol–water partition coefficient (Wildman–Crippen LogP) is 3.57. The minimum atomic E-state index is 0.286. The molecule has 0 amide bonds. The quantitative estimate of drug-likeness (QED) is 0.746. The molecule has 92 valence electrons. The molecule has 1 N–H and O–H groups in total. The molecule has 1 unspecified atom stereocenters. The first-order valence-corrected chi connectivity index (χ1v) is 7.69. The summed E-state index contributed by atoms with van der Waals surface area (Å²) < 4.78 is 0. The third-order valence-corrected chi connectivity index (χ3v) is 5.10. The number of nitrogens with one attached hydrogen (secondary N) is 1. The van der Waals surface area contributed by atoms with E-state index in [1.807, 2.05) is 11.8 Å². The topological polar surface area (TPSA) is 24.4 Å². The van der Waals surface area contributed by atoms with Crippen LogP contribution >= 0.6 is 11.8 Å². The molecule has 1 heterocycles. The van der Waals surface area contributed by atoms with Gasteiger partial charge in [0.15, 0.2) is 5.17 Å². The summed E-state index contributed by atoms with van der Waals surface area (Å²) in [5.41, 5.74) is 0.286. The number of hydrogen-bond acceptors (Lipinski definition) is 2. The van der Waals surface area contributed by atoms with Gasteiger partial charge in [-0.2, -0.15) is 0 Å². The molecule has 1 atom stereocenters. The molecule has 1 aliphatic heterocycles. The van der Waals surface area contributed by atoms with Crippen molar-refractivity contribution in [2.45, 2.75) is 70.4 Å². The predicted molar refractivity (Wildman–Crippen MR) is 73.2 cm³/mol. The number of thioether (sulfide) groups is 1. The highest BCUT2D eigenvalue weighted by Crippen LogP contribution is 2.27. The van der Waals surface area contributed by atoms with Crippen molar-refractivity contribution in [1.82, 2.24) is 5.32 Å². The van der Waals surface area contributed by atoms with E-state index in [2.05, 4.69) is 19.2 Å². The van der Waals surface area contributed by atoms with Crippen LogP contribution in [0.15, 0.2) is 4.99 Å². The molecule has 0 spiro atoms. The van der Waals surface area contributed by atoms with E-state index in [0.717, 1.165) is 0 Å². The third kappa shape index (κ3) is 3.16. The molecule has 3 heteroatoms. The van der Waals surface area contributed by atoms with Crippen molar-refractivity contribution >= 4 is 16.9 Å². The lowest BCUT2D eigenvalue weighted by molar-refractivity contribution is 0.464. The second-order valence-electron chi connectivity index (χ2n) is 5.41. The Bertz CT molecular complexity index is 257. The highest BCUT2D eigenvalue weighted by atomic mass is 32.2. The van der Waals surface area contributed by atoms with E-state index in [4.69, 9.17) is 4.99 Å². The highest BCUT2D eigenvalue weighted by Gasteiger charge is 2.31. The molecule has 2 aliphatic rings. The van der Waals surface area contributed by atoms with Crippen molar-refractivity contribution in [3.8, 4) is 0 Å². The Labute approximate surface area is 104 Å². The van der Waals surface area contributed by atoms with E-state index in [9.17, 15) is 0 Å². The summed E-state index contributed by atoms with van der Waals surface area (Å²) in [4.78, 5) is 4.91. The number of nitrogens with zero attached hydrogens (tertiary/aromatic N) is 1. The Morgan fingerprint density at radius 2 is 2.00 bits per heavy atom. The SMILES string of the molecule is CCC1(C)CSC(=NC2CCCCCC2)N1. The van der Waals surface area contributed by atoms with Crippen molar-refractivity contribution < 1.29 is 0 Å². The molecule has 2 nitrogen and oxygen atoms in total. The van der Waals surface area contributed by atoms with Gasteiger partial charge in [0, 0.05) is 11.3 Å². The van der Waals surface area contributed by atoms with Crippen LogP contribution in [0.2, 0.25) is 0 Å². The van der Waals surface area contributed by atoms with Crippen LogP contribution in [0.3, 0.4) is 0 Å². The molecule has 0 aromatic carbocycles. The van der Waals surface area contributed by atoms with Crippen molar-refractivity contribution in [3.05, 3.63) is 0 Å². The zero-order valence-corrected chi connectivity index (χ0v) is 11.4. The van der Waals surface area contributed by atoms with Gasteiger partial charge < -0.3 is 5.32 Å². The molecule has 0 aromatic heterocycles. The van der Waals surface area contributed by atoms with E-state index in [0.29, 0.717) is 6.04 Å². The minimum absolute atomic E-state index is 0.286. The summed E-state index contributed by atoms with van der Waals surface area (Å²) >= 11 is 1.91. The fourth-order valence-electron chi connectivity index (χ4n) is 2.37. The van der Waals surface area contributed by atoms with Gasteiger partial charge >= 0.3 is 0 Å². The first-order chi connectivity index (χ1) is 7.72. The molecular formula is C13H24N2S. The van der Waals surface area contributed by atoms with Crippen molar-refractivity contribution in [1.29, 1.82) is 0 Å². The highest BCUT2D eigenvalue weighted by molar-refractivity contribution is 8.14. The zero-order valence-electron chi connectivity index (χ0n) is 10.6. The lowest BCUT2D eigenvalue weighted by Gasteiger charge is -2.21. The summed E-state index contributed by atoms with van der Waals surface area (Å²) in [6.07, 6.45) is 9.35. The minimum Gasteiger partial charge on any atom is -0.359 e. The summed E-state index contributed by atoms with van der Waals surface area (Å²) in [6, 6.07) is 0.594. The molecule has 1 saturated heterocycles. The van der Waals surface area contributed by atoms with Gasteiger partial charge in [0.05, 0.1) is 6.04 Å². The van der Waals surface area contributed by atoms with E-state index in [-0.39, 0.29) is 5.54 Å². The first-order valence-electron chi connectivity index (χ1n) is 6.71. The normalized spacial score (nSPS) is 35.0. The van der Waals surface area contributed by atoms with Crippen LogP contribution < -0.4 is 5.32 Å². The van der Waals surface area contributed by atoms with Gasteiger partial charge in [-0.1, -0.05) is 44.4 Å². The lowest BCUT2D eigenvalue weighted by atomic mass is 10.0. The van der Waals surface area contributed by atoms with Gasteiger partial charge in [-0.05, 0) is 26.2 Å².